The van der Waals surface area contributed by atoms with Crippen molar-refractivity contribution in [3.8, 4) is 0 Å². The predicted octanol–water partition coefficient (Wildman–Crippen LogP) is 2.89. The fraction of sp³-hybridized carbons (Fsp3) is 0.0833. The summed E-state index contributed by atoms with van der Waals surface area (Å²) in [6.45, 7) is 0. The number of nitrogens with one attached hydrogen (secondary N) is 2. The quantitative estimate of drug-likeness (QED) is 0.855. The Labute approximate surface area is 120 Å². The zero-order valence-electron chi connectivity index (χ0n) is 9.95. The standard InChI is InChI=1S/C12H10Cl2N4O/c1-15-11(19)7-3-2-4-8(5-7)17-10-9(13)6-16-12(14)18-10/h2-6H,1H3,(H,15,19)(H,16,17,18). The Hall–Kier alpha value is -1.85. The Balaban J connectivity index is 2.28. The molecule has 0 aliphatic carbocycles. The number of aromatic nitrogens is 2. The van der Waals surface area contributed by atoms with Gasteiger partial charge in [0.05, 0.1) is 6.20 Å². The lowest BCUT2D eigenvalue weighted by atomic mass is 10.2. The maximum absolute atomic E-state index is 11.5. The largest absolute Gasteiger partial charge is 0.355 e. The third kappa shape index (κ3) is 3.33. The highest BCUT2D eigenvalue weighted by molar-refractivity contribution is 6.33. The van der Waals surface area contributed by atoms with E-state index in [0.29, 0.717) is 22.1 Å². The SMILES string of the molecule is CNC(=O)c1cccc(Nc2nc(Cl)ncc2Cl)c1. The summed E-state index contributed by atoms with van der Waals surface area (Å²) < 4.78 is 0. The van der Waals surface area contributed by atoms with E-state index in [2.05, 4.69) is 20.6 Å². The normalized spacial score (nSPS) is 10.1. The second kappa shape index (κ2) is 5.86. The molecule has 2 rings (SSSR count). The fourth-order valence-corrected chi connectivity index (χ4v) is 1.72. The van der Waals surface area contributed by atoms with Crippen molar-refractivity contribution in [1.82, 2.24) is 15.3 Å². The first-order chi connectivity index (χ1) is 9.10. The summed E-state index contributed by atoms with van der Waals surface area (Å²) in [6, 6.07) is 6.94. The molecule has 5 nitrogen and oxygen atoms in total. The van der Waals surface area contributed by atoms with Crippen LogP contribution >= 0.6 is 23.2 Å². The van der Waals surface area contributed by atoms with E-state index in [4.69, 9.17) is 23.2 Å². The first-order valence-corrected chi connectivity index (χ1v) is 6.13. The van der Waals surface area contributed by atoms with E-state index in [-0.39, 0.29) is 11.2 Å². The Kier molecular flexibility index (Phi) is 4.19. The van der Waals surface area contributed by atoms with Gasteiger partial charge < -0.3 is 10.6 Å². The van der Waals surface area contributed by atoms with Crippen LogP contribution in [0.3, 0.4) is 0 Å². The number of carbonyl (C=O) groups is 1. The molecular weight excluding hydrogens is 287 g/mol. The number of benzene rings is 1. The molecule has 0 saturated carbocycles. The molecule has 7 heteroatoms. The highest BCUT2D eigenvalue weighted by Crippen LogP contribution is 2.24. The van der Waals surface area contributed by atoms with Crippen molar-refractivity contribution in [2.24, 2.45) is 0 Å². The van der Waals surface area contributed by atoms with Crippen LogP contribution in [0, 0.1) is 0 Å². The van der Waals surface area contributed by atoms with Crippen molar-refractivity contribution in [2.45, 2.75) is 0 Å². The average molecular weight is 297 g/mol. The molecule has 0 atom stereocenters. The number of hydrogen-bond donors (Lipinski definition) is 2. The van der Waals surface area contributed by atoms with Crippen molar-refractivity contribution < 1.29 is 4.79 Å². The monoisotopic (exact) mass is 296 g/mol. The van der Waals surface area contributed by atoms with Crippen molar-refractivity contribution in [3.63, 3.8) is 0 Å². The molecule has 0 aliphatic heterocycles. The second-order valence-corrected chi connectivity index (χ2v) is 4.37. The van der Waals surface area contributed by atoms with E-state index in [9.17, 15) is 4.79 Å². The van der Waals surface area contributed by atoms with Gasteiger partial charge >= 0.3 is 0 Å². The van der Waals surface area contributed by atoms with Gasteiger partial charge in [-0.15, -0.1) is 0 Å². The number of amides is 1. The van der Waals surface area contributed by atoms with Crippen LogP contribution < -0.4 is 10.6 Å². The van der Waals surface area contributed by atoms with Gasteiger partial charge in [0, 0.05) is 18.3 Å². The van der Waals surface area contributed by atoms with Gasteiger partial charge in [-0.25, -0.2) is 4.98 Å². The Morgan fingerprint density at radius 3 is 2.84 bits per heavy atom. The minimum atomic E-state index is -0.171. The molecule has 0 unspecified atom stereocenters. The number of nitrogens with zero attached hydrogens (tertiary/aromatic N) is 2. The van der Waals surface area contributed by atoms with Gasteiger partial charge in [0.1, 0.15) is 5.02 Å². The molecule has 0 bridgehead atoms. The van der Waals surface area contributed by atoms with Gasteiger partial charge in [0.15, 0.2) is 5.82 Å². The highest BCUT2D eigenvalue weighted by atomic mass is 35.5. The van der Waals surface area contributed by atoms with Gasteiger partial charge in [-0.1, -0.05) is 17.7 Å². The van der Waals surface area contributed by atoms with Gasteiger partial charge in [-0.05, 0) is 29.8 Å². The predicted molar refractivity (Wildman–Crippen MR) is 75.2 cm³/mol. The van der Waals surface area contributed by atoms with Crippen molar-refractivity contribution >= 4 is 40.6 Å². The van der Waals surface area contributed by atoms with E-state index >= 15 is 0 Å². The third-order valence-electron chi connectivity index (χ3n) is 2.33. The van der Waals surface area contributed by atoms with Crippen LogP contribution in [0.15, 0.2) is 30.5 Å². The van der Waals surface area contributed by atoms with Crippen LogP contribution in [0.25, 0.3) is 0 Å². The molecule has 0 fully saturated rings. The summed E-state index contributed by atoms with van der Waals surface area (Å²) in [6.07, 6.45) is 1.40. The van der Waals surface area contributed by atoms with Crippen LogP contribution in [-0.4, -0.2) is 22.9 Å². The molecule has 2 aromatic rings. The smallest absolute Gasteiger partial charge is 0.251 e. The van der Waals surface area contributed by atoms with Gasteiger partial charge in [0.25, 0.3) is 5.91 Å². The Bertz CT molecular complexity index is 618. The first kappa shape index (κ1) is 13.6. The third-order valence-corrected chi connectivity index (χ3v) is 2.79. The number of anilines is 2. The van der Waals surface area contributed by atoms with Crippen molar-refractivity contribution in [1.29, 1.82) is 0 Å². The lowest BCUT2D eigenvalue weighted by Gasteiger charge is -2.08. The zero-order chi connectivity index (χ0) is 13.8. The van der Waals surface area contributed by atoms with E-state index in [1.165, 1.54) is 6.20 Å². The van der Waals surface area contributed by atoms with Crippen LogP contribution in [0.1, 0.15) is 10.4 Å². The minimum absolute atomic E-state index is 0.0920. The van der Waals surface area contributed by atoms with E-state index < -0.39 is 0 Å². The first-order valence-electron chi connectivity index (χ1n) is 5.37. The van der Waals surface area contributed by atoms with Crippen molar-refractivity contribution in [2.75, 3.05) is 12.4 Å². The summed E-state index contributed by atoms with van der Waals surface area (Å²) in [4.78, 5) is 19.3. The molecule has 0 aliphatic rings. The van der Waals surface area contributed by atoms with Crippen LogP contribution in [0.2, 0.25) is 10.3 Å². The molecule has 0 radical (unpaired) electrons. The number of hydrogen-bond acceptors (Lipinski definition) is 4. The van der Waals surface area contributed by atoms with Crippen molar-refractivity contribution in [3.05, 3.63) is 46.3 Å². The lowest BCUT2D eigenvalue weighted by Crippen LogP contribution is -2.17. The maximum Gasteiger partial charge on any atom is 0.251 e. The number of halogens is 2. The molecule has 0 spiro atoms. The van der Waals surface area contributed by atoms with E-state index in [1.54, 1.807) is 31.3 Å². The topological polar surface area (TPSA) is 66.9 Å². The van der Waals surface area contributed by atoms with Gasteiger partial charge in [-0.3, -0.25) is 4.79 Å². The molecule has 1 amide bonds. The van der Waals surface area contributed by atoms with E-state index in [1.807, 2.05) is 0 Å². The minimum Gasteiger partial charge on any atom is -0.355 e. The van der Waals surface area contributed by atoms with E-state index in [0.717, 1.165) is 0 Å². The second-order valence-electron chi connectivity index (χ2n) is 3.62. The molecule has 1 aromatic carbocycles. The summed E-state index contributed by atoms with van der Waals surface area (Å²) in [5.41, 5.74) is 1.21. The number of carbonyl (C=O) groups excluding carboxylic acids is 1. The molecule has 2 N–H and O–H groups in total. The molecular formula is C12H10Cl2N4O. The average Bonchev–Trinajstić information content (AvgIpc) is 2.42. The van der Waals surface area contributed by atoms with Gasteiger partial charge in [-0.2, -0.15) is 4.98 Å². The molecule has 1 heterocycles. The lowest BCUT2D eigenvalue weighted by molar-refractivity contribution is 0.0963. The molecule has 98 valence electrons. The fourth-order valence-electron chi connectivity index (χ4n) is 1.45. The summed E-state index contributed by atoms with van der Waals surface area (Å²) >= 11 is 11.7. The highest BCUT2D eigenvalue weighted by Gasteiger charge is 2.07. The molecule has 0 saturated heterocycles. The van der Waals surface area contributed by atoms with Crippen LogP contribution in [0.5, 0.6) is 0 Å². The van der Waals surface area contributed by atoms with Gasteiger partial charge in [0.2, 0.25) is 5.28 Å². The zero-order valence-corrected chi connectivity index (χ0v) is 11.5. The Morgan fingerprint density at radius 1 is 1.32 bits per heavy atom. The van der Waals surface area contributed by atoms with Crippen LogP contribution in [0.4, 0.5) is 11.5 Å². The maximum atomic E-state index is 11.5. The Morgan fingerprint density at radius 2 is 2.11 bits per heavy atom. The summed E-state index contributed by atoms with van der Waals surface area (Å²) in [7, 11) is 1.57. The number of rotatable bonds is 3. The summed E-state index contributed by atoms with van der Waals surface area (Å²) in [5.74, 6) is 0.214. The molecule has 1 aromatic heterocycles. The summed E-state index contributed by atoms with van der Waals surface area (Å²) in [5, 5.41) is 5.97. The molecule has 19 heavy (non-hydrogen) atoms. The van der Waals surface area contributed by atoms with Crippen LogP contribution in [-0.2, 0) is 0 Å².